The summed E-state index contributed by atoms with van der Waals surface area (Å²) in [6.07, 6.45) is 4.29. The van der Waals surface area contributed by atoms with E-state index in [-0.39, 0.29) is 12.1 Å². The Labute approximate surface area is 115 Å². The molecule has 5 heteroatoms. The number of carbonyl (C=O) groups is 2. The van der Waals surface area contributed by atoms with Crippen LogP contribution >= 0.6 is 0 Å². The average molecular weight is 270 g/mol. The Balaban J connectivity index is 2.50. The summed E-state index contributed by atoms with van der Waals surface area (Å²) in [6.45, 7) is 6.85. The summed E-state index contributed by atoms with van der Waals surface area (Å²) in [7, 11) is 0. The quantitative estimate of drug-likeness (QED) is 0.779. The van der Waals surface area contributed by atoms with Crippen molar-refractivity contribution in [2.75, 3.05) is 13.1 Å². The molecule has 0 aliphatic carbocycles. The maximum absolute atomic E-state index is 12.1. The third-order valence-electron chi connectivity index (χ3n) is 4.13. The molecule has 1 aliphatic rings. The van der Waals surface area contributed by atoms with E-state index in [2.05, 4.69) is 12.2 Å². The molecular formula is C14H26N2O3. The van der Waals surface area contributed by atoms with Crippen LogP contribution < -0.4 is 5.32 Å². The Bertz CT molecular complexity index is 333. The highest BCUT2D eigenvalue weighted by Gasteiger charge is 2.44. The Kier molecular flexibility index (Phi) is 5.63. The van der Waals surface area contributed by atoms with Crippen LogP contribution in [0.3, 0.4) is 0 Å². The van der Waals surface area contributed by atoms with Crippen molar-refractivity contribution in [2.45, 2.75) is 58.9 Å². The number of likely N-dealkylation sites (tertiary alicyclic amines) is 1. The smallest absolute Gasteiger partial charge is 0.317 e. The summed E-state index contributed by atoms with van der Waals surface area (Å²) in [6, 6.07) is 0.0223. The van der Waals surface area contributed by atoms with Crippen LogP contribution in [0.4, 0.5) is 4.79 Å². The molecule has 1 saturated heterocycles. The number of hydrogen-bond acceptors (Lipinski definition) is 2. The monoisotopic (exact) mass is 270 g/mol. The summed E-state index contributed by atoms with van der Waals surface area (Å²) < 4.78 is 0. The van der Waals surface area contributed by atoms with Crippen molar-refractivity contribution >= 4 is 12.0 Å². The van der Waals surface area contributed by atoms with Gasteiger partial charge in [0.1, 0.15) is 0 Å². The molecule has 1 aliphatic heterocycles. The first-order valence-corrected chi connectivity index (χ1v) is 7.24. The number of amides is 2. The van der Waals surface area contributed by atoms with Gasteiger partial charge < -0.3 is 15.3 Å². The first kappa shape index (κ1) is 15.8. The van der Waals surface area contributed by atoms with E-state index in [1.807, 2.05) is 13.8 Å². The van der Waals surface area contributed by atoms with E-state index in [9.17, 15) is 14.7 Å². The topological polar surface area (TPSA) is 69.6 Å². The molecule has 0 saturated carbocycles. The Morgan fingerprint density at radius 3 is 2.58 bits per heavy atom. The van der Waals surface area contributed by atoms with Crippen molar-refractivity contribution in [1.29, 1.82) is 0 Å². The molecule has 2 amide bonds. The van der Waals surface area contributed by atoms with E-state index in [1.165, 1.54) is 0 Å². The van der Waals surface area contributed by atoms with Gasteiger partial charge in [-0.3, -0.25) is 4.79 Å². The van der Waals surface area contributed by atoms with E-state index in [0.717, 1.165) is 19.3 Å². The van der Waals surface area contributed by atoms with Crippen LogP contribution in [0.25, 0.3) is 0 Å². The molecule has 0 aromatic heterocycles. The molecule has 0 bridgehead atoms. The van der Waals surface area contributed by atoms with E-state index in [1.54, 1.807) is 4.90 Å². The SMILES string of the molecule is CCCCC(C)NC(=O)N1CCC(CC)(C(=O)O)C1. The molecule has 2 unspecified atom stereocenters. The van der Waals surface area contributed by atoms with Gasteiger partial charge in [0.15, 0.2) is 0 Å². The lowest BCUT2D eigenvalue weighted by Crippen LogP contribution is -2.44. The van der Waals surface area contributed by atoms with Gasteiger partial charge in [-0.15, -0.1) is 0 Å². The summed E-state index contributed by atoms with van der Waals surface area (Å²) in [5.74, 6) is -0.788. The van der Waals surface area contributed by atoms with Crippen LogP contribution in [0.2, 0.25) is 0 Å². The normalized spacial score (nSPS) is 24.3. The molecule has 0 spiro atoms. The molecule has 0 radical (unpaired) electrons. The minimum absolute atomic E-state index is 0.125. The summed E-state index contributed by atoms with van der Waals surface area (Å²) in [5.41, 5.74) is -0.746. The third-order valence-corrected chi connectivity index (χ3v) is 4.13. The molecule has 0 aromatic rings. The lowest BCUT2D eigenvalue weighted by molar-refractivity contribution is -0.148. The molecule has 2 atom stereocenters. The van der Waals surface area contributed by atoms with Crippen molar-refractivity contribution in [3.63, 3.8) is 0 Å². The highest BCUT2D eigenvalue weighted by molar-refractivity contribution is 5.79. The standard InChI is InChI=1S/C14H26N2O3/c1-4-6-7-11(3)15-13(19)16-9-8-14(5-2,10-16)12(17)18/h11H,4-10H2,1-3H3,(H,15,19)(H,17,18). The summed E-state index contributed by atoms with van der Waals surface area (Å²) >= 11 is 0. The lowest BCUT2D eigenvalue weighted by Gasteiger charge is -2.24. The fourth-order valence-electron chi connectivity index (χ4n) is 2.54. The maximum Gasteiger partial charge on any atom is 0.317 e. The zero-order valence-corrected chi connectivity index (χ0v) is 12.2. The van der Waals surface area contributed by atoms with Gasteiger partial charge in [-0.25, -0.2) is 4.79 Å². The molecule has 110 valence electrons. The Hall–Kier alpha value is -1.26. The zero-order chi connectivity index (χ0) is 14.5. The second kappa shape index (κ2) is 6.78. The van der Waals surface area contributed by atoms with Crippen molar-refractivity contribution in [2.24, 2.45) is 5.41 Å². The van der Waals surface area contributed by atoms with Gasteiger partial charge in [0.05, 0.1) is 5.41 Å². The number of aliphatic carboxylic acids is 1. The summed E-state index contributed by atoms with van der Waals surface area (Å²) in [4.78, 5) is 25.0. The van der Waals surface area contributed by atoms with E-state index in [4.69, 9.17) is 0 Å². The highest BCUT2D eigenvalue weighted by Crippen LogP contribution is 2.34. The Morgan fingerprint density at radius 2 is 2.11 bits per heavy atom. The summed E-state index contributed by atoms with van der Waals surface area (Å²) in [5, 5.41) is 12.3. The molecule has 1 fully saturated rings. The van der Waals surface area contributed by atoms with Crippen LogP contribution in [0.5, 0.6) is 0 Å². The van der Waals surface area contributed by atoms with Crippen LogP contribution in [-0.2, 0) is 4.79 Å². The van der Waals surface area contributed by atoms with Crippen LogP contribution in [0.15, 0.2) is 0 Å². The second-order valence-corrected chi connectivity index (χ2v) is 5.60. The second-order valence-electron chi connectivity index (χ2n) is 5.60. The van der Waals surface area contributed by atoms with Crippen LogP contribution in [0.1, 0.15) is 52.9 Å². The Morgan fingerprint density at radius 1 is 1.42 bits per heavy atom. The fraction of sp³-hybridized carbons (Fsp3) is 0.857. The van der Waals surface area contributed by atoms with Gasteiger partial charge in [-0.2, -0.15) is 0 Å². The number of carbonyl (C=O) groups excluding carboxylic acids is 1. The largest absolute Gasteiger partial charge is 0.481 e. The molecular weight excluding hydrogens is 244 g/mol. The van der Waals surface area contributed by atoms with Crippen molar-refractivity contribution in [1.82, 2.24) is 10.2 Å². The molecule has 2 N–H and O–H groups in total. The maximum atomic E-state index is 12.1. The van der Waals surface area contributed by atoms with E-state index in [0.29, 0.717) is 25.9 Å². The molecule has 19 heavy (non-hydrogen) atoms. The predicted octanol–water partition coefficient (Wildman–Crippen LogP) is 2.46. The third kappa shape index (κ3) is 3.85. The number of rotatable bonds is 6. The number of unbranched alkanes of at least 4 members (excludes halogenated alkanes) is 1. The van der Waals surface area contributed by atoms with Gasteiger partial charge in [-0.05, 0) is 26.2 Å². The van der Waals surface area contributed by atoms with E-state index >= 15 is 0 Å². The zero-order valence-electron chi connectivity index (χ0n) is 12.2. The average Bonchev–Trinajstić information content (AvgIpc) is 2.82. The first-order chi connectivity index (χ1) is 8.95. The molecule has 1 rings (SSSR count). The van der Waals surface area contributed by atoms with Crippen molar-refractivity contribution in [3.05, 3.63) is 0 Å². The van der Waals surface area contributed by atoms with Gasteiger partial charge >= 0.3 is 12.0 Å². The van der Waals surface area contributed by atoms with Gasteiger partial charge in [0.25, 0.3) is 0 Å². The minimum atomic E-state index is -0.788. The number of nitrogens with zero attached hydrogens (tertiary/aromatic N) is 1. The van der Waals surface area contributed by atoms with Crippen LogP contribution in [0, 0.1) is 5.41 Å². The number of nitrogens with one attached hydrogen (secondary N) is 1. The molecule has 5 nitrogen and oxygen atoms in total. The number of hydrogen-bond donors (Lipinski definition) is 2. The minimum Gasteiger partial charge on any atom is -0.481 e. The highest BCUT2D eigenvalue weighted by atomic mass is 16.4. The number of carboxylic acid groups (broad SMARTS) is 1. The van der Waals surface area contributed by atoms with Gasteiger partial charge in [-0.1, -0.05) is 26.7 Å². The van der Waals surface area contributed by atoms with Gasteiger partial charge in [0, 0.05) is 19.1 Å². The number of carboxylic acids is 1. The molecule has 0 aromatic carbocycles. The van der Waals surface area contributed by atoms with Crippen molar-refractivity contribution in [3.8, 4) is 0 Å². The van der Waals surface area contributed by atoms with E-state index < -0.39 is 11.4 Å². The fourth-order valence-corrected chi connectivity index (χ4v) is 2.54. The van der Waals surface area contributed by atoms with Crippen LogP contribution in [-0.4, -0.2) is 41.1 Å². The number of urea groups is 1. The lowest BCUT2D eigenvalue weighted by atomic mass is 9.84. The van der Waals surface area contributed by atoms with Gasteiger partial charge in [0.2, 0.25) is 0 Å². The van der Waals surface area contributed by atoms with Crippen molar-refractivity contribution < 1.29 is 14.7 Å². The first-order valence-electron chi connectivity index (χ1n) is 7.24. The molecule has 1 heterocycles. The predicted molar refractivity (Wildman–Crippen MR) is 74.1 cm³/mol.